The van der Waals surface area contributed by atoms with Crippen molar-refractivity contribution in [3.63, 3.8) is 0 Å². The van der Waals surface area contributed by atoms with Gasteiger partial charge in [-0.05, 0) is 122 Å². The summed E-state index contributed by atoms with van der Waals surface area (Å²) in [4.78, 5) is 34.7. The predicted molar refractivity (Wildman–Crippen MR) is 315 cm³/mol. The first kappa shape index (κ1) is 58.3. The monoisotopic (exact) mass is 1150 g/mol. The van der Waals surface area contributed by atoms with Gasteiger partial charge in [0.1, 0.15) is 48.3 Å². The SMILES string of the molecule is C=CCOc1c(C)c2c(c3c1CC1[C@H]4c5c(cc(C)c(C)c5O)C[C@@H]([C@H](C#N)N1[C@H]3CNC(=O)C(C)C)N4C)OCO2.C=CCOc1c(C)c2c(c3c1CC1[C@H]4c5c(cc(C)c(C)c5O)C[C@@H]([C@H](C#N)N1[C@H]3CNC(=O)[C@H](C)N)N4C)OCO2. The van der Waals surface area contributed by atoms with Crippen molar-refractivity contribution < 1.29 is 48.2 Å². The van der Waals surface area contributed by atoms with Crippen molar-refractivity contribution in [3.05, 3.63) is 115 Å². The number of piperazine rings is 2. The van der Waals surface area contributed by atoms with Crippen LogP contribution in [-0.2, 0) is 35.3 Å². The summed E-state index contributed by atoms with van der Waals surface area (Å²) >= 11 is 0. The van der Waals surface area contributed by atoms with Crippen LogP contribution >= 0.6 is 0 Å². The first-order chi connectivity index (χ1) is 40.2. The van der Waals surface area contributed by atoms with Gasteiger partial charge in [0, 0.05) is 87.7 Å². The maximum Gasteiger partial charge on any atom is 0.236 e. The van der Waals surface area contributed by atoms with Gasteiger partial charge in [-0.3, -0.25) is 29.2 Å². The zero-order chi connectivity index (χ0) is 60.1. The Labute approximate surface area is 492 Å². The standard InChI is InChI=1S/C33H40N4O5.C32H39N5O5/c1-8-9-40-30-19(6)31-32(42-15-41-31)27-21(30)12-23-28-26-20(10-17(4)18(5)29(26)38)11-22(36(28)7)24(13-34)37(23)25(27)14-35-33(39)16(2)3;1-7-8-40-29-17(4)30-31(42-14-41-30)26-20(29)11-22-27-25-19(9-15(2)16(3)28(25)38)10-21(36(27)6)23(12-33)37(22)24(26)13-35-32(39)18(5)34/h8,10,16,22-25,28,38H,1,9,11-12,14-15H2,2-7H3,(H,35,39);7,9,18,21-24,27,38H,1,8,10-11,13-14,34H2,2-6H3,(H,35,39)/t22-,23?,24-,25-,28-;18-,21-,22?,23-,24-,27-/m00/s1. The molecule has 2 amide bonds. The Morgan fingerprint density at radius 1 is 0.643 bits per heavy atom. The highest BCUT2D eigenvalue weighted by Crippen LogP contribution is 2.60. The zero-order valence-electron chi connectivity index (χ0n) is 50.1. The number of aryl methyl sites for hydroxylation is 2. The summed E-state index contributed by atoms with van der Waals surface area (Å²) in [5.41, 5.74) is 19.2. The molecule has 8 heterocycles. The number of nitriles is 2. The molecule has 2 fully saturated rings. The fourth-order valence-corrected chi connectivity index (χ4v) is 15.2. The average molecular weight is 1150 g/mol. The molecule has 19 heteroatoms. The highest BCUT2D eigenvalue weighted by Gasteiger charge is 2.59. The lowest BCUT2D eigenvalue weighted by Gasteiger charge is -2.60. The number of benzene rings is 4. The minimum atomic E-state index is -0.688. The van der Waals surface area contributed by atoms with Gasteiger partial charge in [-0.15, -0.1) is 0 Å². The molecule has 12 rings (SSSR count). The minimum Gasteiger partial charge on any atom is -0.507 e. The van der Waals surface area contributed by atoms with Gasteiger partial charge in [-0.25, -0.2) is 0 Å². The Morgan fingerprint density at radius 3 is 1.40 bits per heavy atom. The van der Waals surface area contributed by atoms with Gasteiger partial charge in [-0.1, -0.05) is 51.3 Å². The van der Waals surface area contributed by atoms with Crippen molar-refractivity contribution in [3.8, 4) is 58.1 Å². The number of amides is 2. The van der Waals surface area contributed by atoms with E-state index >= 15 is 0 Å². The molecule has 0 aromatic heterocycles. The van der Waals surface area contributed by atoms with Crippen molar-refractivity contribution in [1.29, 1.82) is 10.5 Å². The number of likely N-dealkylation sites (N-methyl/N-ethyl adjacent to an activating group) is 2. The molecule has 84 heavy (non-hydrogen) atoms. The van der Waals surface area contributed by atoms with E-state index in [0.29, 0.717) is 85.7 Å². The number of aromatic hydroxyl groups is 2. The number of phenols is 2. The number of ether oxygens (including phenoxy) is 6. The molecular formula is C65H79N9O10. The predicted octanol–water partition coefficient (Wildman–Crippen LogP) is 7.00. The minimum absolute atomic E-state index is 0.0559. The van der Waals surface area contributed by atoms with Gasteiger partial charge in [0.15, 0.2) is 23.0 Å². The van der Waals surface area contributed by atoms with Crippen LogP contribution in [0.4, 0.5) is 0 Å². The summed E-state index contributed by atoms with van der Waals surface area (Å²) < 4.78 is 36.7. The van der Waals surface area contributed by atoms with E-state index in [1.807, 2.05) is 55.4 Å². The third-order valence-electron chi connectivity index (χ3n) is 19.4. The average Bonchev–Trinajstić information content (AvgIpc) is 0.985. The topological polar surface area (TPSA) is 241 Å². The van der Waals surface area contributed by atoms with Crippen molar-refractivity contribution >= 4 is 11.8 Å². The molecule has 11 atom stereocenters. The summed E-state index contributed by atoms with van der Waals surface area (Å²) in [6.45, 7) is 26.3. The maximum absolute atomic E-state index is 12.9. The van der Waals surface area contributed by atoms with E-state index in [1.54, 1.807) is 19.1 Å². The van der Waals surface area contributed by atoms with Crippen molar-refractivity contribution in [1.82, 2.24) is 30.2 Å². The van der Waals surface area contributed by atoms with E-state index in [1.165, 1.54) is 0 Å². The molecule has 4 bridgehead atoms. The fourth-order valence-electron chi connectivity index (χ4n) is 15.2. The van der Waals surface area contributed by atoms with E-state index in [-0.39, 0.29) is 80.2 Å². The number of rotatable bonds is 12. The first-order valence-electron chi connectivity index (χ1n) is 29.3. The van der Waals surface area contributed by atoms with Crippen molar-refractivity contribution in [2.24, 2.45) is 11.7 Å². The number of nitrogens with zero attached hydrogens (tertiary/aromatic N) is 6. The summed E-state index contributed by atoms with van der Waals surface area (Å²) in [6, 6.07) is 6.22. The maximum atomic E-state index is 12.9. The number of fused-ring (bicyclic) bond motifs is 18. The third-order valence-corrected chi connectivity index (χ3v) is 19.4. The van der Waals surface area contributed by atoms with Crippen LogP contribution < -0.4 is 44.8 Å². The number of hydrogen-bond acceptors (Lipinski definition) is 17. The molecule has 444 valence electrons. The molecule has 19 nitrogen and oxygen atoms in total. The molecule has 0 spiro atoms. The Kier molecular flexibility index (Phi) is 15.6. The Balaban J connectivity index is 0.000000175. The van der Waals surface area contributed by atoms with E-state index in [2.05, 4.69) is 81.8 Å². The second-order valence-corrected chi connectivity index (χ2v) is 24.3. The molecule has 0 aliphatic carbocycles. The molecular weight excluding hydrogens is 1070 g/mol. The lowest BCUT2D eigenvalue weighted by atomic mass is 9.71. The number of hydrogen-bond donors (Lipinski definition) is 5. The molecule has 4 aromatic rings. The molecule has 6 N–H and O–H groups in total. The second-order valence-electron chi connectivity index (χ2n) is 24.3. The molecule has 0 radical (unpaired) electrons. The van der Waals surface area contributed by atoms with E-state index in [4.69, 9.17) is 34.2 Å². The fraction of sp³-hybridized carbons (Fsp3) is 0.508. The molecule has 8 aliphatic rings. The van der Waals surface area contributed by atoms with Crippen LogP contribution in [0.25, 0.3) is 0 Å². The number of carbonyl (C=O) groups excluding carboxylic acids is 2. The molecule has 0 saturated carbocycles. The van der Waals surface area contributed by atoms with Crippen molar-refractivity contribution in [2.45, 2.75) is 154 Å². The third kappa shape index (κ3) is 9.08. The van der Waals surface area contributed by atoms with Gasteiger partial charge in [0.2, 0.25) is 25.4 Å². The lowest BCUT2D eigenvalue weighted by molar-refractivity contribution is -0.125. The summed E-state index contributed by atoms with van der Waals surface area (Å²) in [5, 5.41) is 50.8. The van der Waals surface area contributed by atoms with Crippen LogP contribution in [0.3, 0.4) is 0 Å². The zero-order valence-corrected chi connectivity index (χ0v) is 50.1. The van der Waals surface area contributed by atoms with Gasteiger partial charge in [0.05, 0.1) is 42.3 Å². The molecule has 2 unspecified atom stereocenters. The largest absolute Gasteiger partial charge is 0.507 e. The normalized spacial score (nSPS) is 26.0. The number of phenolic OH excluding ortho intramolecular Hbond substituents is 2. The number of nitrogens with one attached hydrogen (secondary N) is 2. The Hall–Kier alpha value is -7.52. The van der Waals surface area contributed by atoms with Crippen molar-refractivity contribution in [2.75, 3.05) is 54.0 Å². The molecule has 8 aliphatic heterocycles. The Bertz CT molecular complexity index is 3250. The number of carbonyl (C=O) groups is 2. The first-order valence-corrected chi connectivity index (χ1v) is 29.3. The van der Waals surface area contributed by atoms with E-state index in [9.17, 15) is 30.3 Å². The van der Waals surface area contributed by atoms with Gasteiger partial charge < -0.3 is 55.0 Å². The van der Waals surface area contributed by atoms with Crippen LogP contribution in [0.1, 0.15) is 123 Å². The second kappa shape index (κ2) is 22.5. The van der Waals surface area contributed by atoms with Crippen LogP contribution in [-0.4, -0.2) is 138 Å². The summed E-state index contributed by atoms with van der Waals surface area (Å²) in [7, 11) is 4.12. The molecule has 2 saturated heterocycles. The smallest absolute Gasteiger partial charge is 0.236 e. The number of nitrogens with two attached hydrogens (primary N) is 1. The highest BCUT2D eigenvalue weighted by atomic mass is 16.7. The van der Waals surface area contributed by atoms with E-state index < -0.39 is 24.2 Å². The van der Waals surface area contributed by atoms with Gasteiger partial charge in [-0.2, -0.15) is 10.5 Å². The van der Waals surface area contributed by atoms with Gasteiger partial charge in [0.25, 0.3) is 0 Å². The molecule has 4 aromatic carbocycles. The summed E-state index contributed by atoms with van der Waals surface area (Å²) in [5.74, 6) is 4.10. The quantitative estimate of drug-likeness (QED) is 0.0897. The van der Waals surface area contributed by atoms with Gasteiger partial charge >= 0.3 is 0 Å². The van der Waals surface area contributed by atoms with Crippen LogP contribution in [0.15, 0.2) is 37.4 Å². The van der Waals surface area contributed by atoms with Crippen LogP contribution in [0.5, 0.6) is 46.0 Å². The Morgan fingerprint density at radius 2 is 1.04 bits per heavy atom. The van der Waals surface area contributed by atoms with E-state index in [0.717, 1.165) is 83.6 Å². The van der Waals surface area contributed by atoms with Crippen LogP contribution in [0.2, 0.25) is 0 Å². The highest BCUT2D eigenvalue weighted by molar-refractivity contribution is 5.81. The van der Waals surface area contributed by atoms with Crippen LogP contribution in [0, 0.1) is 70.1 Å². The summed E-state index contributed by atoms with van der Waals surface area (Å²) in [6.07, 6.45) is 5.82. The lowest BCUT2D eigenvalue weighted by Crippen LogP contribution is -2.68.